The number of anilines is 1. The lowest BCUT2D eigenvalue weighted by atomic mass is 10.1. The Morgan fingerprint density at radius 2 is 1.48 bits per heavy atom. The van der Waals surface area contributed by atoms with Crippen LogP contribution in [0.5, 0.6) is 0 Å². The number of hydrogen-bond acceptors (Lipinski definition) is 2. The lowest BCUT2D eigenvalue weighted by molar-refractivity contribution is 0.104. The zero-order valence-electron chi connectivity index (χ0n) is 13.9. The van der Waals surface area contributed by atoms with Crippen molar-refractivity contribution in [2.45, 2.75) is 13.1 Å². The fourth-order valence-electron chi connectivity index (χ4n) is 3.20. The molecule has 0 atom stereocenters. The van der Waals surface area contributed by atoms with Crippen molar-refractivity contribution in [3.8, 4) is 0 Å². The average molecular weight is 325 g/mol. The number of fused-ring (bicyclic) bond motifs is 1. The van der Waals surface area contributed by atoms with Crippen LogP contribution >= 0.6 is 0 Å². The molecule has 0 bridgehead atoms. The molecule has 0 N–H and O–H groups in total. The smallest absolute Gasteiger partial charge is 0.185 e. The van der Waals surface area contributed by atoms with E-state index in [1.165, 1.54) is 11.1 Å². The molecule has 0 aliphatic carbocycles. The Morgan fingerprint density at radius 3 is 2.20 bits per heavy atom. The van der Waals surface area contributed by atoms with E-state index in [0.717, 1.165) is 29.9 Å². The van der Waals surface area contributed by atoms with E-state index in [1.807, 2.05) is 54.6 Å². The average Bonchev–Trinajstić information content (AvgIpc) is 3.11. The van der Waals surface area contributed by atoms with Gasteiger partial charge in [0.15, 0.2) is 5.78 Å². The molecule has 1 heterocycles. The van der Waals surface area contributed by atoms with Crippen LogP contribution in [0, 0.1) is 0 Å². The highest BCUT2D eigenvalue weighted by molar-refractivity contribution is 6.07. The van der Waals surface area contributed by atoms with Crippen molar-refractivity contribution in [3.63, 3.8) is 0 Å². The van der Waals surface area contributed by atoms with Gasteiger partial charge in [-0.2, -0.15) is 0 Å². The van der Waals surface area contributed by atoms with Crippen molar-refractivity contribution < 1.29 is 4.79 Å². The van der Waals surface area contributed by atoms with Gasteiger partial charge in [0.05, 0.1) is 0 Å². The molecule has 0 amide bonds. The molecule has 0 saturated carbocycles. The van der Waals surface area contributed by atoms with Crippen LogP contribution in [0.3, 0.4) is 0 Å². The standard InChI is InChI=1S/C23H19NO/c25-23(14-13-18-7-2-1-3-8-18)19-11-6-12-22(15-19)24-16-20-9-4-5-10-21(20)17-24/h1-15H,16-17H2/b14-13+. The summed E-state index contributed by atoms with van der Waals surface area (Å²) in [5.74, 6) is 0.0300. The second-order valence-electron chi connectivity index (χ2n) is 6.28. The lowest BCUT2D eigenvalue weighted by Gasteiger charge is -2.18. The second-order valence-corrected chi connectivity index (χ2v) is 6.28. The molecule has 2 heteroatoms. The van der Waals surface area contributed by atoms with Gasteiger partial charge in [0.2, 0.25) is 0 Å². The number of benzene rings is 3. The largest absolute Gasteiger partial charge is 0.363 e. The summed E-state index contributed by atoms with van der Waals surface area (Å²) in [7, 11) is 0. The Bertz CT molecular complexity index is 903. The summed E-state index contributed by atoms with van der Waals surface area (Å²) in [6.45, 7) is 1.79. The third kappa shape index (κ3) is 3.38. The number of rotatable bonds is 4. The summed E-state index contributed by atoms with van der Waals surface area (Å²) in [5, 5.41) is 0. The third-order valence-electron chi connectivity index (χ3n) is 4.56. The molecule has 0 fully saturated rings. The van der Waals surface area contributed by atoms with Gasteiger partial charge in [-0.3, -0.25) is 4.79 Å². The van der Waals surface area contributed by atoms with Gasteiger partial charge in [-0.25, -0.2) is 0 Å². The highest BCUT2D eigenvalue weighted by Crippen LogP contribution is 2.28. The zero-order valence-corrected chi connectivity index (χ0v) is 13.9. The van der Waals surface area contributed by atoms with Gasteiger partial charge in [-0.05, 0) is 34.9 Å². The van der Waals surface area contributed by atoms with Crippen LogP contribution in [0.25, 0.3) is 6.08 Å². The summed E-state index contributed by atoms with van der Waals surface area (Å²) >= 11 is 0. The maximum absolute atomic E-state index is 12.5. The topological polar surface area (TPSA) is 20.3 Å². The first-order valence-electron chi connectivity index (χ1n) is 8.49. The van der Waals surface area contributed by atoms with Crippen molar-refractivity contribution in [1.82, 2.24) is 0 Å². The maximum Gasteiger partial charge on any atom is 0.185 e. The summed E-state index contributed by atoms with van der Waals surface area (Å²) < 4.78 is 0. The summed E-state index contributed by atoms with van der Waals surface area (Å²) in [4.78, 5) is 14.8. The summed E-state index contributed by atoms with van der Waals surface area (Å²) in [5.41, 5.74) is 5.57. The van der Waals surface area contributed by atoms with Crippen LogP contribution in [0.1, 0.15) is 27.0 Å². The zero-order chi connectivity index (χ0) is 17.1. The van der Waals surface area contributed by atoms with Crippen LogP contribution in [-0.2, 0) is 13.1 Å². The second kappa shape index (κ2) is 6.78. The van der Waals surface area contributed by atoms with E-state index in [1.54, 1.807) is 6.08 Å². The first-order valence-corrected chi connectivity index (χ1v) is 8.49. The van der Waals surface area contributed by atoms with Gasteiger partial charge in [-0.1, -0.05) is 72.8 Å². The number of hydrogen-bond donors (Lipinski definition) is 0. The predicted molar refractivity (Wildman–Crippen MR) is 103 cm³/mol. The van der Waals surface area contributed by atoms with E-state index in [-0.39, 0.29) is 5.78 Å². The van der Waals surface area contributed by atoms with Gasteiger partial charge in [0.1, 0.15) is 0 Å². The monoisotopic (exact) mass is 325 g/mol. The van der Waals surface area contributed by atoms with E-state index < -0.39 is 0 Å². The Morgan fingerprint density at radius 1 is 0.800 bits per heavy atom. The van der Waals surface area contributed by atoms with Crippen LogP contribution < -0.4 is 4.90 Å². The molecule has 3 aromatic carbocycles. The molecule has 122 valence electrons. The van der Waals surface area contributed by atoms with Crippen molar-refractivity contribution in [1.29, 1.82) is 0 Å². The molecule has 3 aromatic rings. The summed E-state index contributed by atoms with van der Waals surface area (Å²) in [6, 6.07) is 26.3. The van der Waals surface area contributed by atoms with E-state index in [2.05, 4.69) is 35.2 Å². The number of allylic oxidation sites excluding steroid dienone is 1. The highest BCUT2D eigenvalue weighted by atomic mass is 16.1. The molecule has 0 unspecified atom stereocenters. The molecule has 1 aliphatic heterocycles. The number of carbonyl (C=O) groups is 1. The Kier molecular flexibility index (Phi) is 4.17. The van der Waals surface area contributed by atoms with Crippen LogP contribution in [-0.4, -0.2) is 5.78 Å². The predicted octanol–water partition coefficient (Wildman–Crippen LogP) is 5.10. The molecular weight excluding hydrogens is 306 g/mol. The minimum atomic E-state index is 0.0300. The first-order chi connectivity index (χ1) is 12.3. The van der Waals surface area contributed by atoms with E-state index >= 15 is 0 Å². The number of ketones is 1. The molecular formula is C23H19NO. The van der Waals surface area contributed by atoms with E-state index in [0.29, 0.717) is 0 Å². The number of nitrogens with zero attached hydrogens (tertiary/aromatic N) is 1. The number of carbonyl (C=O) groups excluding carboxylic acids is 1. The van der Waals surface area contributed by atoms with Gasteiger partial charge in [0.25, 0.3) is 0 Å². The highest BCUT2D eigenvalue weighted by Gasteiger charge is 2.19. The van der Waals surface area contributed by atoms with Crippen LogP contribution in [0.15, 0.2) is 84.9 Å². The van der Waals surface area contributed by atoms with Gasteiger partial charge < -0.3 is 4.90 Å². The fraction of sp³-hybridized carbons (Fsp3) is 0.0870. The fourth-order valence-corrected chi connectivity index (χ4v) is 3.20. The van der Waals surface area contributed by atoms with Crippen LogP contribution in [0.2, 0.25) is 0 Å². The van der Waals surface area contributed by atoms with Gasteiger partial charge in [0, 0.05) is 24.3 Å². The van der Waals surface area contributed by atoms with E-state index in [4.69, 9.17) is 0 Å². The van der Waals surface area contributed by atoms with Gasteiger partial charge >= 0.3 is 0 Å². The molecule has 0 saturated heterocycles. The Labute approximate surface area is 148 Å². The summed E-state index contributed by atoms with van der Waals surface area (Å²) in [6.07, 6.45) is 3.51. The maximum atomic E-state index is 12.5. The quantitative estimate of drug-likeness (QED) is 0.491. The van der Waals surface area contributed by atoms with E-state index in [9.17, 15) is 4.79 Å². The molecule has 2 nitrogen and oxygen atoms in total. The minimum Gasteiger partial charge on any atom is -0.363 e. The molecule has 0 aromatic heterocycles. The molecule has 0 radical (unpaired) electrons. The molecule has 25 heavy (non-hydrogen) atoms. The van der Waals surface area contributed by atoms with Gasteiger partial charge in [-0.15, -0.1) is 0 Å². The van der Waals surface area contributed by atoms with Crippen LogP contribution in [0.4, 0.5) is 5.69 Å². The van der Waals surface area contributed by atoms with Crippen molar-refractivity contribution in [3.05, 3.63) is 107 Å². The molecule has 0 spiro atoms. The Balaban J connectivity index is 1.52. The molecule has 4 rings (SSSR count). The van der Waals surface area contributed by atoms with Crippen molar-refractivity contribution in [2.24, 2.45) is 0 Å². The lowest BCUT2D eigenvalue weighted by Crippen LogP contribution is -2.14. The van der Waals surface area contributed by atoms with Crippen molar-refractivity contribution in [2.75, 3.05) is 4.90 Å². The van der Waals surface area contributed by atoms with Crippen molar-refractivity contribution >= 4 is 17.5 Å². The normalized spacial score (nSPS) is 13.2. The Hall–Kier alpha value is -3.13. The first kappa shape index (κ1) is 15.4. The minimum absolute atomic E-state index is 0.0300. The third-order valence-corrected chi connectivity index (χ3v) is 4.56. The molecule has 1 aliphatic rings. The SMILES string of the molecule is O=C(/C=C/c1ccccc1)c1cccc(N2Cc3ccccc3C2)c1.